The first kappa shape index (κ1) is 9.69. The topological polar surface area (TPSA) is 21.6 Å². The van der Waals surface area contributed by atoms with E-state index in [0.29, 0.717) is 0 Å². The van der Waals surface area contributed by atoms with Crippen LogP contribution in [0.15, 0.2) is 5.16 Å². The summed E-state index contributed by atoms with van der Waals surface area (Å²) < 4.78 is 5.33. The Morgan fingerprint density at radius 1 is 1.20 bits per heavy atom. The Labute approximate surface area is 64.4 Å². The number of nitrogens with zero attached hydrogens (tertiary/aromatic N) is 1. The average molecular weight is 159 g/mol. The Morgan fingerprint density at radius 3 is 1.70 bits per heavy atom. The molecule has 0 aromatic carbocycles. The molecule has 0 spiro atoms. The SMILES string of the molecule is C=NO[Si](CC)(CC)CC. The van der Waals surface area contributed by atoms with Gasteiger partial charge in [0, 0.05) is 6.72 Å². The van der Waals surface area contributed by atoms with Gasteiger partial charge in [0.05, 0.1) is 0 Å². The lowest BCUT2D eigenvalue weighted by atomic mass is 10.9. The summed E-state index contributed by atoms with van der Waals surface area (Å²) in [4.78, 5) is 0. The molecule has 2 nitrogen and oxygen atoms in total. The summed E-state index contributed by atoms with van der Waals surface area (Å²) in [6.45, 7) is 9.86. The fraction of sp³-hybridized carbons (Fsp3) is 0.857. The predicted octanol–water partition coefficient (Wildman–Crippen LogP) is 2.62. The van der Waals surface area contributed by atoms with Crippen LogP contribution in [-0.4, -0.2) is 15.0 Å². The van der Waals surface area contributed by atoms with Gasteiger partial charge in [0.25, 0.3) is 8.32 Å². The molecule has 0 aromatic rings. The molecule has 0 rings (SSSR count). The van der Waals surface area contributed by atoms with Gasteiger partial charge in [0.15, 0.2) is 0 Å². The summed E-state index contributed by atoms with van der Waals surface area (Å²) in [6.07, 6.45) is 0. The fourth-order valence-electron chi connectivity index (χ4n) is 1.08. The van der Waals surface area contributed by atoms with E-state index < -0.39 is 8.32 Å². The molecule has 0 atom stereocenters. The lowest BCUT2D eigenvalue weighted by Gasteiger charge is -2.23. The minimum absolute atomic E-state index is 1.14. The summed E-state index contributed by atoms with van der Waals surface area (Å²) in [5, 5.41) is 3.53. The Kier molecular flexibility index (Phi) is 4.35. The molecule has 0 aliphatic carbocycles. The van der Waals surface area contributed by atoms with Gasteiger partial charge in [-0.2, -0.15) is 0 Å². The quantitative estimate of drug-likeness (QED) is 0.343. The summed E-state index contributed by atoms with van der Waals surface area (Å²) in [6, 6.07) is 3.41. The number of hydrogen-bond donors (Lipinski definition) is 0. The molecule has 0 unspecified atom stereocenters. The highest BCUT2D eigenvalue weighted by Crippen LogP contribution is 2.21. The van der Waals surface area contributed by atoms with Gasteiger partial charge in [-0.3, -0.25) is 0 Å². The van der Waals surface area contributed by atoms with Crippen molar-refractivity contribution in [2.75, 3.05) is 0 Å². The third-order valence-electron chi connectivity index (χ3n) is 2.19. The highest BCUT2D eigenvalue weighted by molar-refractivity contribution is 6.73. The highest BCUT2D eigenvalue weighted by atomic mass is 28.4. The maximum atomic E-state index is 5.33. The van der Waals surface area contributed by atoms with Crippen LogP contribution < -0.4 is 0 Å². The van der Waals surface area contributed by atoms with Crippen LogP contribution in [0.3, 0.4) is 0 Å². The first-order valence-electron chi connectivity index (χ1n) is 3.88. The van der Waals surface area contributed by atoms with E-state index in [1.807, 2.05) is 0 Å². The van der Waals surface area contributed by atoms with Crippen molar-refractivity contribution in [1.82, 2.24) is 0 Å². The van der Waals surface area contributed by atoms with Crippen LogP contribution in [0.5, 0.6) is 0 Å². The Balaban J connectivity index is 4.00. The second-order valence-corrected chi connectivity index (χ2v) is 7.13. The van der Waals surface area contributed by atoms with Crippen molar-refractivity contribution in [3.63, 3.8) is 0 Å². The molecule has 0 aliphatic rings. The average Bonchev–Trinajstić information content (AvgIpc) is 2.01. The van der Waals surface area contributed by atoms with Gasteiger partial charge >= 0.3 is 0 Å². The van der Waals surface area contributed by atoms with Crippen molar-refractivity contribution in [2.24, 2.45) is 5.16 Å². The molecular weight excluding hydrogens is 142 g/mol. The number of hydrogen-bond acceptors (Lipinski definition) is 2. The molecule has 0 N–H and O–H groups in total. The second-order valence-electron chi connectivity index (χ2n) is 2.46. The molecule has 0 heterocycles. The third-order valence-corrected chi connectivity index (χ3v) is 6.57. The van der Waals surface area contributed by atoms with Gasteiger partial charge in [0.2, 0.25) is 0 Å². The van der Waals surface area contributed by atoms with Crippen LogP contribution in [0, 0.1) is 0 Å². The van der Waals surface area contributed by atoms with Crippen LogP contribution in [0.1, 0.15) is 20.8 Å². The summed E-state index contributed by atoms with van der Waals surface area (Å²) in [7, 11) is -1.45. The Morgan fingerprint density at radius 2 is 1.60 bits per heavy atom. The van der Waals surface area contributed by atoms with E-state index in [1.54, 1.807) is 0 Å². The van der Waals surface area contributed by atoms with E-state index in [1.165, 1.54) is 0 Å². The molecule has 0 radical (unpaired) electrons. The maximum Gasteiger partial charge on any atom is 0.286 e. The molecule has 0 aromatic heterocycles. The van der Waals surface area contributed by atoms with Gasteiger partial charge in [-0.1, -0.05) is 20.8 Å². The molecule has 0 aliphatic heterocycles. The minimum Gasteiger partial charge on any atom is -0.455 e. The lowest BCUT2D eigenvalue weighted by molar-refractivity contribution is 0.325. The van der Waals surface area contributed by atoms with Crippen molar-refractivity contribution in [2.45, 2.75) is 38.9 Å². The second kappa shape index (κ2) is 4.49. The summed E-state index contributed by atoms with van der Waals surface area (Å²) in [5.74, 6) is 0. The standard InChI is InChI=1S/C7H17NOSi/c1-5-10(6-2,7-3)9-8-4/h4-7H2,1-3H3. The lowest BCUT2D eigenvalue weighted by Crippen LogP contribution is -2.33. The van der Waals surface area contributed by atoms with Crippen molar-refractivity contribution >= 4 is 15.0 Å². The third kappa shape index (κ3) is 2.14. The monoisotopic (exact) mass is 159 g/mol. The molecular formula is C7H17NOSi. The van der Waals surface area contributed by atoms with E-state index in [9.17, 15) is 0 Å². The zero-order valence-electron chi connectivity index (χ0n) is 7.18. The van der Waals surface area contributed by atoms with Crippen molar-refractivity contribution in [3.8, 4) is 0 Å². The van der Waals surface area contributed by atoms with Gasteiger partial charge in [-0.25, -0.2) is 0 Å². The van der Waals surface area contributed by atoms with Crippen molar-refractivity contribution in [1.29, 1.82) is 0 Å². The summed E-state index contributed by atoms with van der Waals surface area (Å²) >= 11 is 0. The van der Waals surface area contributed by atoms with Crippen LogP contribution in [-0.2, 0) is 4.53 Å². The van der Waals surface area contributed by atoms with Crippen LogP contribution in [0.25, 0.3) is 0 Å². The van der Waals surface area contributed by atoms with Crippen LogP contribution >= 0.6 is 0 Å². The van der Waals surface area contributed by atoms with E-state index in [2.05, 4.69) is 32.6 Å². The largest absolute Gasteiger partial charge is 0.455 e. The molecule has 0 saturated heterocycles. The predicted molar refractivity (Wildman–Crippen MR) is 47.8 cm³/mol. The Bertz CT molecular complexity index is 93.5. The van der Waals surface area contributed by atoms with Crippen molar-refractivity contribution < 1.29 is 4.53 Å². The first-order chi connectivity index (χ1) is 4.74. The molecule has 3 heteroatoms. The minimum atomic E-state index is -1.45. The van der Waals surface area contributed by atoms with Crippen molar-refractivity contribution in [3.05, 3.63) is 0 Å². The molecule has 0 bridgehead atoms. The van der Waals surface area contributed by atoms with Gasteiger partial charge < -0.3 is 4.53 Å². The van der Waals surface area contributed by atoms with E-state index in [0.717, 1.165) is 18.1 Å². The number of oxime groups is 1. The molecule has 0 saturated carbocycles. The van der Waals surface area contributed by atoms with Gasteiger partial charge in [0.1, 0.15) is 0 Å². The first-order valence-corrected chi connectivity index (χ1v) is 6.41. The molecule has 10 heavy (non-hydrogen) atoms. The smallest absolute Gasteiger partial charge is 0.286 e. The summed E-state index contributed by atoms with van der Waals surface area (Å²) in [5.41, 5.74) is 0. The van der Waals surface area contributed by atoms with Gasteiger partial charge in [-0.15, -0.1) is 5.16 Å². The highest BCUT2D eigenvalue weighted by Gasteiger charge is 2.30. The maximum absolute atomic E-state index is 5.33. The fourth-order valence-corrected chi connectivity index (χ4v) is 3.24. The van der Waals surface area contributed by atoms with E-state index in [4.69, 9.17) is 4.53 Å². The van der Waals surface area contributed by atoms with Gasteiger partial charge in [-0.05, 0) is 18.1 Å². The Hall–Kier alpha value is -0.313. The normalized spacial score (nSPS) is 11.1. The van der Waals surface area contributed by atoms with E-state index >= 15 is 0 Å². The van der Waals surface area contributed by atoms with Crippen LogP contribution in [0.2, 0.25) is 18.1 Å². The molecule has 0 fully saturated rings. The molecule has 60 valence electrons. The van der Waals surface area contributed by atoms with Crippen LogP contribution in [0.4, 0.5) is 0 Å². The number of rotatable bonds is 5. The zero-order valence-corrected chi connectivity index (χ0v) is 8.18. The van der Waals surface area contributed by atoms with E-state index in [-0.39, 0.29) is 0 Å². The molecule has 0 amide bonds. The zero-order chi connectivity index (χ0) is 8.04.